The predicted octanol–water partition coefficient (Wildman–Crippen LogP) is 2.68. The third-order valence-electron chi connectivity index (χ3n) is 3.28. The van der Waals surface area contributed by atoms with E-state index in [0.29, 0.717) is 0 Å². The molecule has 1 aliphatic rings. The molecule has 1 aliphatic heterocycles. The zero-order valence-corrected chi connectivity index (χ0v) is 12.0. The van der Waals surface area contributed by atoms with Crippen molar-refractivity contribution < 1.29 is 9.53 Å². The van der Waals surface area contributed by atoms with Gasteiger partial charge in [-0.3, -0.25) is 4.79 Å². The average molecular weight is 288 g/mol. The Balaban J connectivity index is 1.62. The van der Waals surface area contributed by atoms with Gasteiger partial charge in [-0.15, -0.1) is 0 Å². The number of hydrogen-bond acceptors (Lipinski definition) is 4. The van der Waals surface area contributed by atoms with Gasteiger partial charge >= 0.3 is 0 Å². The number of thiophene rings is 1. The van der Waals surface area contributed by atoms with Crippen molar-refractivity contribution in [1.82, 2.24) is 5.32 Å². The molecule has 2 N–H and O–H groups in total. The summed E-state index contributed by atoms with van der Waals surface area (Å²) >= 11 is 1.73. The summed E-state index contributed by atoms with van der Waals surface area (Å²) in [5.41, 5.74) is 4.55. The molecule has 0 fully saturated rings. The Kier molecular flexibility index (Phi) is 3.71. The van der Waals surface area contributed by atoms with Crippen LogP contribution in [-0.4, -0.2) is 12.5 Å². The smallest absolute Gasteiger partial charge is 0.262 e. The molecule has 1 amide bonds. The van der Waals surface area contributed by atoms with Gasteiger partial charge in [-0.1, -0.05) is 6.07 Å². The van der Waals surface area contributed by atoms with Gasteiger partial charge in [0.1, 0.15) is 5.75 Å². The highest BCUT2D eigenvalue weighted by atomic mass is 32.1. The Morgan fingerprint density at radius 3 is 3.05 bits per heavy atom. The lowest BCUT2D eigenvalue weighted by molar-refractivity contribution is -0.118. The Bertz CT molecular complexity index is 637. The largest absolute Gasteiger partial charge is 0.482 e. The fourth-order valence-corrected chi connectivity index (χ4v) is 3.01. The summed E-state index contributed by atoms with van der Waals surface area (Å²) in [5.74, 6) is 0.638. The first-order valence-electron chi connectivity index (χ1n) is 6.50. The van der Waals surface area contributed by atoms with E-state index in [2.05, 4.69) is 28.3 Å². The number of nitrogens with one attached hydrogen (secondary N) is 2. The molecule has 0 saturated carbocycles. The summed E-state index contributed by atoms with van der Waals surface area (Å²) < 4.78 is 5.34. The number of anilines is 1. The van der Waals surface area contributed by atoms with Crippen molar-refractivity contribution in [2.24, 2.45) is 0 Å². The van der Waals surface area contributed by atoms with Crippen molar-refractivity contribution in [3.05, 3.63) is 45.6 Å². The van der Waals surface area contributed by atoms with Gasteiger partial charge in [0.15, 0.2) is 6.61 Å². The van der Waals surface area contributed by atoms with Crippen LogP contribution >= 0.6 is 11.3 Å². The van der Waals surface area contributed by atoms with Crippen LogP contribution in [0.5, 0.6) is 5.75 Å². The van der Waals surface area contributed by atoms with Crippen LogP contribution in [0.25, 0.3) is 0 Å². The van der Waals surface area contributed by atoms with Gasteiger partial charge in [-0.05, 0) is 46.5 Å². The summed E-state index contributed by atoms with van der Waals surface area (Å²) in [6.07, 6.45) is 0. The molecule has 5 heteroatoms. The first-order valence-corrected chi connectivity index (χ1v) is 7.44. The van der Waals surface area contributed by atoms with Crippen LogP contribution in [0.15, 0.2) is 29.0 Å². The second kappa shape index (κ2) is 5.64. The van der Waals surface area contributed by atoms with E-state index in [9.17, 15) is 4.79 Å². The summed E-state index contributed by atoms with van der Waals surface area (Å²) in [6.45, 7) is 3.84. The molecule has 1 aromatic heterocycles. The molecular formula is C15H16N2O2S. The maximum Gasteiger partial charge on any atom is 0.262 e. The summed E-state index contributed by atoms with van der Waals surface area (Å²) in [5, 5.41) is 10.6. The average Bonchev–Trinajstić information content (AvgIpc) is 2.84. The van der Waals surface area contributed by atoms with Crippen molar-refractivity contribution in [3.63, 3.8) is 0 Å². The van der Waals surface area contributed by atoms with Gasteiger partial charge in [0.05, 0.1) is 5.69 Å². The topological polar surface area (TPSA) is 50.4 Å². The number of carbonyl (C=O) groups is 1. The number of amides is 1. The molecule has 0 radical (unpaired) electrons. The van der Waals surface area contributed by atoms with Gasteiger partial charge in [-0.25, -0.2) is 0 Å². The summed E-state index contributed by atoms with van der Waals surface area (Å²) in [6, 6.07) is 5.88. The molecule has 4 nitrogen and oxygen atoms in total. The third-order valence-corrected chi connectivity index (χ3v) is 4.19. The molecular weight excluding hydrogens is 272 g/mol. The zero-order chi connectivity index (χ0) is 13.9. The Hall–Kier alpha value is -1.85. The minimum atomic E-state index is -0.100. The van der Waals surface area contributed by atoms with E-state index < -0.39 is 0 Å². The van der Waals surface area contributed by atoms with Crippen molar-refractivity contribution in [2.45, 2.75) is 20.0 Å². The van der Waals surface area contributed by atoms with Gasteiger partial charge in [0.25, 0.3) is 5.91 Å². The van der Waals surface area contributed by atoms with Crippen molar-refractivity contribution in [1.29, 1.82) is 0 Å². The highest BCUT2D eigenvalue weighted by Gasteiger charge is 2.15. The third kappa shape index (κ3) is 2.84. The second-order valence-corrected chi connectivity index (χ2v) is 5.59. The maximum atomic E-state index is 11.3. The predicted molar refractivity (Wildman–Crippen MR) is 80.2 cm³/mol. The standard InChI is InChI=1S/C15H16N2O2S/c1-10-8-20-9-12(10)6-16-5-11-2-3-14-13(4-11)17-15(18)7-19-14/h2-4,8-9,16H,5-7H2,1H3,(H,17,18). The lowest BCUT2D eigenvalue weighted by Gasteiger charge is -2.18. The van der Waals surface area contributed by atoms with Gasteiger partial charge < -0.3 is 15.4 Å². The molecule has 1 aromatic carbocycles. The van der Waals surface area contributed by atoms with Crippen LogP contribution in [0.4, 0.5) is 5.69 Å². The first kappa shape index (κ1) is 13.1. The summed E-state index contributed by atoms with van der Waals surface area (Å²) in [4.78, 5) is 11.3. The molecule has 0 atom stereocenters. The van der Waals surface area contributed by atoms with E-state index in [4.69, 9.17) is 4.74 Å². The Morgan fingerprint density at radius 2 is 2.25 bits per heavy atom. The van der Waals surface area contributed by atoms with E-state index >= 15 is 0 Å². The second-order valence-electron chi connectivity index (χ2n) is 4.85. The Morgan fingerprint density at radius 1 is 1.35 bits per heavy atom. The maximum absolute atomic E-state index is 11.3. The molecule has 2 aromatic rings. The lowest BCUT2D eigenvalue weighted by atomic mass is 10.1. The number of aryl methyl sites for hydroxylation is 1. The van der Waals surface area contributed by atoms with Crippen molar-refractivity contribution in [2.75, 3.05) is 11.9 Å². The van der Waals surface area contributed by atoms with Crippen LogP contribution < -0.4 is 15.4 Å². The number of benzene rings is 1. The minimum Gasteiger partial charge on any atom is -0.482 e. The van der Waals surface area contributed by atoms with E-state index in [-0.39, 0.29) is 12.5 Å². The number of fused-ring (bicyclic) bond motifs is 1. The quantitative estimate of drug-likeness (QED) is 0.909. The number of rotatable bonds is 4. The molecule has 0 spiro atoms. The molecule has 104 valence electrons. The molecule has 0 unspecified atom stereocenters. The molecule has 2 heterocycles. The van der Waals surface area contributed by atoms with Crippen LogP contribution in [0.2, 0.25) is 0 Å². The minimum absolute atomic E-state index is 0.0992. The van der Waals surface area contributed by atoms with Crippen LogP contribution in [0.3, 0.4) is 0 Å². The fraction of sp³-hybridized carbons (Fsp3) is 0.267. The van der Waals surface area contributed by atoms with Crippen molar-refractivity contribution >= 4 is 22.9 Å². The first-order chi connectivity index (χ1) is 9.72. The molecule has 0 aliphatic carbocycles. The molecule has 0 saturated heterocycles. The summed E-state index contributed by atoms with van der Waals surface area (Å²) in [7, 11) is 0. The SMILES string of the molecule is Cc1cscc1CNCc1ccc2c(c1)NC(=O)CO2. The van der Waals surface area contributed by atoms with E-state index in [1.165, 1.54) is 11.1 Å². The highest BCUT2D eigenvalue weighted by molar-refractivity contribution is 7.08. The molecule has 20 heavy (non-hydrogen) atoms. The van der Waals surface area contributed by atoms with Crippen molar-refractivity contribution in [3.8, 4) is 5.75 Å². The molecule has 3 rings (SSSR count). The van der Waals surface area contributed by atoms with Crippen LogP contribution in [0.1, 0.15) is 16.7 Å². The fourth-order valence-electron chi connectivity index (χ4n) is 2.15. The van der Waals surface area contributed by atoms with Gasteiger partial charge in [-0.2, -0.15) is 11.3 Å². The lowest BCUT2D eigenvalue weighted by Crippen LogP contribution is -2.25. The number of hydrogen-bond donors (Lipinski definition) is 2. The number of ether oxygens (including phenoxy) is 1. The monoisotopic (exact) mass is 288 g/mol. The zero-order valence-electron chi connectivity index (χ0n) is 11.2. The van der Waals surface area contributed by atoms with Gasteiger partial charge in [0.2, 0.25) is 0 Å². The number of carbonyl (C=O) groups excluding carboxylic acids is 1. The van der Waals surface area contributed by atoms with E-state index in [0.717, 1.165) is 30.1 Å². The van der Waals surface area contributed by atoms with E-state index in [1.54, 1.807) is 11.3 Å². The van der Waals surface area contributed by atoms with Gasteiger partial charge in [0, 0.05) is 13.1 Å². The highest BCUT2D eigenvalue weighted by Crippen LogP contribution is 2.28. The van der Waals surface area contributed by atoms with Crippen LogP contribution in [0, 0.1) is 6.92 Å². The van der Waals surface area contributed by atoms with Crippen LogP contribution in [-0.2, 0) is 17.9 Å². The normalized spacial score (nSPS) is 13.6. The molecule has 0 bridgehead atoms. The Labute approximate surface area is 121 Å². The van der Waals surface area contributed by atoms with E-state index in [1.807, 2.05) is 18.2 Å².